The van der Waals surface area contributed by atoms with Crippen LogP contribution in [0.15, 0.2) is 191 Å². The van der Waals surface area contributed by atoms with Crippen molar-refractivity contribution in [3.63, 3.8) is 0 Å². The fourth-order valence-corrected chi connectivity index (χ4v) is 9.22. The molecule has 0 aliphatic carbocycles. The zero-order chi connectivity index (χ0) is 57.7. The highest BCUT2D eigenvalue weighted by atomic mass is 16.5. The average Bonchev–Trinajstić information content (AvgIpc) is 3.54. The summed E-state index contributed by atoms with van der Waals surface area (Å²) in [6.07, 6.45) is 3.81. The summed E-state index contributed by atoms with van der Waals surface area (Å²) in [5.74, 6) is -3.33. The van der Waals surface area contributed by atoms with E-state index < -0.39 is 40.6 Å². The minimum atomic E-state index is -0.636. The van der Waals surface area contributed by atoms with Gasteiger partial charge in [0.2, 0.25) is 0 Å². The molecule has 15 heteroatoms. The Morgan fingerprint density at radius 2 is 0.679 bits per heavy atom. The molecule has 0 radical (unpaired) electrons. The molecule has 0 aliphatic rings. The molecule has 0 amide bonds. The van der Waals surface area contributed by atoms with Crippen LogP contribution in [-0.4, -0.2) is 53.0 Å². The van der Waals surface area contributed by atoms with Crippen LogP contribution in [0.3, 0.4) is 0 Å². The fourth-order valence-electron chi connectivity index (χ4n) is 9.22. The SMILES string of the molecule is CCCCOC(=O)C(Cc1ccccc1)Cc1c(O)c2ccccc2oc1=O.CCCOC(=O)C(Cc1ccccc1)Cc1c(O)c2ccccc2oc1=O.CCOC(=O)C(Cc1ccccc1)Cc1c(O)c2ccccc2oc1=O. The number of aromatic hydroxyl groups is 3. The average molecular weight is 1100 g/mol. The van der Waals surface area contributed by atoms with Crippen molar-refractivity contribution >= 4 is 50.8 Å². The van der Waals surface area contributed by atoms with Gasteiger partial charge in [-0.2, -0.15) is 0 Å². The van der Waals surface area contributed by atoms with Gasteiger partial charge in [-0.15, -0.1) is 0 Å². The van der Waals surface area contributed by atoms with Gasteiger partial charge in [-0.3, -0.25) is 14.4 Å². The lowest BCUT2D eigenvalue weighted by Crippen LogP contribution is -2.25. The summed E-state index contributed by atoms with van der Waals surface area (Å²) >= 11 is 0. The first-order valence-electron chi connectivity index (χ1n) is 27.1. The number of benzene rings is 6. The Bertz CT molecular complexity index is 3700. The molecule has 0 spiro atoms. The van der Waals surface area contributed by atoms with Crippen LogP contribution in [0.4, 0.5) is 0 Å². The Morgan fingerprint density at radius 1 is 0.383 bits per heavy atom. The number of rotatable bonds is 21. The summed E-state index contributed by atoms with van der Waals surface area (Å²) in [6.45, 7) is 6.60. The van der Waals surface area contributed by atoms with Crippen molar-refractivity contribution in [1.82, 2.24) is 0 Å². The number of carbonyl (C=O) groups is 3. The first kappa shape index (κ1) is 59.4. The smallest absolute Gasteiger partial charge is 0.343 e. The molecule has 9 rings (SSSR count). The number of ether oxygens (including phenoxy) is 3. The van der Waals surface area contributed by atoms with Crippen LogP contribution in [0.25, 0.3) is 32.9 Å². The minimum Gasteiger partial charge on any atom is -0.507 e. The molecule has 0 aliphatic heterocycles. The lowest BCUT2D eigenvalue weighted by Gasteiger charge is -2.17. The number of hydrogen-bond donors (Lipinski definition) is 3. The first-order chi connectivity index (χ1) is 39.3. The molecule has 0 bridgehead atoms. The predicted octanol–water partition coefficient (Wildman–Crippen LogP) is 11.6. The van der Waals surface area contributed by atoms with Crippen LogP contribution in [0.1, 0.15) is 73.4 Å². The third kappa shape index (κ3) is 16.2. The maximum atomic E-state index is 12.7. The topological polar surface area (TPSA) is 230 Å². The van der Waals surface area contributed by atoms with Crippen LogP contribution in [0.5, 0.6) is 17.2 Å². The summed E-state index contributed by atoms with van der Waals surface area (Å²) in [4.78, 5) is 74.8. The number of unbranched alkanes of at least 4 members (excludes halogenated alkanes) is 1. The van der Waals surface area contributed by atoms with Gasteiger partial charge in [0.25, 0.3) is 0 Å². The molecule has 9 aromatic rings. The van der Waals surface area contributed by atoms with Gasteiger partial charge in [-0.1, -0.05) is 148 Å². The summed E-state index contributed by atoms with van der Waals surface area (Å²) < 4.78 is 31.8. The van der Waals surface area contributed by atoms with E-state index in [2.05, 4.69) is 0 Å². The van der Waals surface area contributed by atoms with Gasteiger partial charge in [0, 0.05) is 0 Å². The van der Waals surface area contributed by atoms with Gasteiger partial charge >= 0.3 is 34.8 Å². The van der Waals surface area contributed by atoms with E-state index in [1.165, 1.54) is 0 Å². The summed E-state index contributed by atoms with van der Waals surface area (Å²) in [7, 11) is 0. The molecular weight excluding hydrogens is 1030 g/mol. The van der Waals surface area contributed by atoms with Crippen molar-refractivity contribution in [3.8, 4) is 17.2 Å². The summed E-state index contributed by atoms with van der Waals surface area (Å²) in [5.41, 5.74) is 2.23. The van der Waals surface area contributed by atoms with E-state index in [-0.39, 0.29) is 71.7 Å². The van der Waals surface area contributed by atoms with Gasteiger partial charge in [0.1, 0.15) is 34.0 Å². The van der Waals surface area contributed by atoms with Crippen molar-refractivity contribution < 1.29 is 57.2 Å². The zero-order valence-electron chi connectivity index (χ0n) is 45.5. The molecule has 3 N–H and O–H groups in total. The van der Waals surface area contributed by atoms with Crippen LogP contribution < -0.4 is 16.9 Å². The van der Waals surface area contributed by atoms with E-state index >= 15 is 0 Å². The van der Waals surface area contributed by atoms with Gasteiger partial charge in [0.05, 0.1) is 70.4 Å². The second-order valence-corrected chi connectivity index (χ2v) is 19.4. The number of esters is 3. The lowest BCUT2D eigenvalue weighted by molar-refractivity contribution is -0.149. The normalized spacial score (nSPS) is 12.0. The van der Waals surface area contributed by atoms with E-state index in [0.29, 0.717) is 71.8 Å². The summed E-state index contributed by atoms with van der Waals surface area (Å²) in [6, 6.07) is 48.9. The molecule has 3 atom stereocenters. The van der Waals surface area contributed by atoms with E-state index in [0.717, 1.165) is 29.5 Å². The molecule has 3 unspecified atom stereocenters. The number of carbonyl (C=O) groups excluding carboxylic acids is 3. The van der Waals surface area contributed by atoms with E-state index in [1.54, 1.807) is 79.7 Å². The highest BCUT2D eigenvalue weighted by molar-refractivity contribution is 5.86. The van der Waals surface area contributed by atoms with Gasteiger partial charge < -0.3 is 42.8 Å². The molecule has 15 nitrogen and oxygen atoms in total. The number of para-hydroxylation sites is 3. The number of hydrogen-bond acceptors (Lipinski definition) is 15. The van der Waals surface area contributed by atoms with Crippen LogP contribution in [-0.2, 0) is 67.1 Å². The zero-order valence-corrected chi connectivity index (χ0v) is 45.5. The Morgan fingerprint density at radius 3 is 0.988 bits per heavy atom. The Hall–Kier alpha value is -9.24. The van der Waals surface area contributed by atoms with Crippen LogP contribution >= 0.6 is 0 Å². The molecular formula is C66H66O15. The standard InChI is InChI=1S/C23H24O5.C22H22O5.C21H20O5/c1-2-3-13-27-22(25)17(14-16-9-5-4-6-10-16)15-19-21(24)18-11-7-8-12-20(18)28-23(19)26;1-2-12-26-21(24)16(13-15-8-4-3-5-9-15)14-18-20(23)17-10-6-7-11-19(17)27-22(18)25;1-2-25-20(23)15(12-14-8-4-3-5-9-14)13-17-19(22)16-10-6-7-11-18(16)26-21(17)24/h4-12,17,24H,2-3,13-15H2,1H3;3-11,16,23H,2,12-14H2,1H3;3-11,15,22H,2,12-13H2,1H3. The van der Waals surface area contributed by atoms with Gasteiger partial charge in [-0.05, 0) is 111 Å². The maximum Gasteiger partial charge on any atom is 0.343 e. The maximum absolute atomic E-state index is 12.7. The second-order valence-electron chi connectivity index (χ2n) is 19.4. The van der Waals surface area contributed by atoms with E-state index in [9.17, 15) is 44.1 Å². The first-order valence-corrected chi connectivity index (χ1v) is 27.1. The van der Waals surface area contributed by atoms with Crippen LogP contribution in [0, 0.1) is 17.8 Å². The largest absolute Gasteiger partial charge is 0.507 e. The molecule has 0 fully saturated rings. The van der Waals surface area contributed by atoms with Crippen molar-refractivity contribution in [2.75, 3.05) is 19.8 Å². The van der Waals surface area contributed by atoms with Gasteiger partial charge in [-0.25, -0.2) is 14.4 Å². The molecule has 3 aromatic heterocycles. The number of fused-ring (bicyclic) bond motifs is 3. The fraction of sp³-hybridized carbons (Fsp3) is 0.273. The third-order valence-corrected chi connectivity index (χ3v) is 13.4. The van der Waals surface area contributed by atoms with Crippen molar-refractivity contribution in [2.45, 2.75) is 78.6 Å². The monoisotopic (exact) mass is 1100 g/mol. The highest BCUT2D eigenvalue weighted by Crippen LogP contribution is 2.32. The second kappa shape index (κ2) is 29.7. The highest BCUT2D eigenvalue weighted by Gasteiger charge is 2.29. The minimum absolute atomic E-state index is 0.0483. The van der Waals surface area contributed by atoms with E-state index in [4.69, 9.17) is 27.5 Å². The molecule has 3 heterocycles. The molecule has 0 saturated carbocycles. The van der Waals surface area contributed by atoms with E-state index in [1.807, 2.05) is 105 Å². The predicted molar refractivity (Wildman–Crippen MR) is 308 cm³/mol. The van der Waals surface area contributed by atoms with Crippen molar-refractivity contribution in [2.24, 2.45) is 17.8 Å². The Balaban J connectivity index is 0.000000175. The Labute approximate surface area is 468 Å². The van der Waals surface area contributed by atoms with Crippen molar-refractivity contribution in [1.29, 1.82) is 0 Å². The molecule has 420 valence electrons. The van der Waals surface area contributed by atoms with Crippen molar-refractivity contribution in [3.05, 3.63) is 228 Å². The van der Waals surface area contributed by atoms with Gasteiger partial charge in [0.15, 0.2) is 0 Å². The third-order valence-electron chi connectivity index (χ3n) is 13.4. The summed E-state index contributed by atoms with van der Waals surface area (Å²) in [5, 5.41) is 33.1. The quantitative estimate of drug-likeness (QED) is 0.0263. The molecule has 81 heavy (non-hydrogen) atoms. The molecule has 0 saturated heterocycles. The van der Waals surface area contributed by atoms with Crippen LogP contribution in [0.2, 0.25) is 0 Å². The Kier molecular flexibility index (Phi) is 21.8. The lowest BCUT2D eigenvalue weighted by atomic mass is 9.92. The molecule has 6 aromatic carbocycles.